The van der Waals surface area contributed by atoms with Gasteiger partial charge in [0.15, 0.2) is 5.82 Å². The second-order valence-corrected chi connectivity index (χ2v) is 8.43. The molecule has 2 aromatic carbocycles. The summed E-state index contributed by atoms with van der Waals surface area (Å²) in [6.07, 6.45) is -0.493. The van der Waals surface area contributed by atoms with Crippen LogP contribution in [0.3, 0.4) is 0 Å². The molecule has 3 aromatic rings. The molecule has 0 bridgehead atoms. The van der Waals surface area contributed by atoms with Gasteiger partial charge in [0.2, 0.25) is 0 Å². The summed E-state index contributed by atoms with van der Waals surface area (Å²) < 4.78 is 6.78. The Balaban J connectivity index is 1.42. The third kappa shape index (κ3) is 4.24. The lowest BCUT2D eigenvalue weighted by Crippen LogP contribution is -2.52. The highest BCUT2D eigenvalue weighted by Gasteiger charge is 2.34. The molecule has 0 saturated carbocycles. The van der Waals surface area contributed by atoms with Crippen molar-refractivity contribution in [2.45, 2.75) is 31.7 Å². The summed E-state index contributed by atoms with van der Waals surface area (Å²) in [6, 6.07) is 17.5. The lowest BCUT2D eigenvalue weighted by Gasteiger charge is -2.24. The van der Waals surface area contributed by atoms with Crippen molar-refractivity contribution in [3.8, 4) is 11.1 Å². The Kier molecular flexibility index (Phi) is 6.10. The number of carbonyl (C=O) groups is 3. The largest absolute Gasteiger partial charge is 0.480 e. The summed E-state index contributed by atoms with van der Waals surface area (Å²) >= 11 is 0. The van der Waals surface area contributed by atoms with Gasteiger partial charge in [0.05, 0.1) is 0 Å². The van der Waals surface area contributed by atoms with E-state index in [1.165, 1.54) is 24.7 Å². The number of hydrogen-bond acceptors (Lipinski definition) is 5. The van der Waals surface area contributed by atoms with Gasteiger partial charge in [-0.05, 0) is 35.6 Å². The monoisotopic (exact) mass is 462 g/mol. The van der Waals surface area contributed by atoms with Crippen LogP contribution in [0.4, 0.5) is 10.6 Å². The van der Waals surface area contributed by atoms with E-state index in [0.717, 1.165) is 22.3 Å². The molecule has 0 fully saturated rings. The van der Waals surface area contributed by atoms with Crippen LogP contribution in [0.15, 0.2) is 54.6 Å². The molecule has 34 heavy (non-hydrogen) atoms. The maximum atomic E-state index is 12.6. The van der Waals surface area contributed by atoms with Crippen LogP contribution in [0.2, 0.25) is 0 Å². The average Bonchev–Trinajstić information content (AvgIpc) is 3.34. The van der Waals surface area contributed by atoms with Crippen LogP contribution in [0.25, 0.3) is 11.1 Å². The number of hydrogen-bond donors (Lipinski definition) is 3. The molecule has 1 aliphatic rings. The van der Waals surface area contributed by atoms with E-state index >= 15 is 0 Å². The molecule has 2 amide bonds. The summed E-state index contributed by atoms with van der Waals surface area (Å²) in [5.74, 6) is -1.70. The van der Waals surface area contributed by atoms with Crippen molar-refractivity contribution in [3.05, 3.63) is 71.4 Å². The molecule has 9 heteroatoms. The minimum atomic E-state index is -1.41. The molecule has 0 aliphatic heterocycles. The number of ether oxygens (including phenoxy) is 1. The van der Waals surface area contributed by atoms with E-state index in [1.807, 2.05) is 36.4 Å². The molecule has 9 nitrogen and oxygen atoms in total. The third-order valence-corrected chi connectivity index (χ3v) is 6.25. The van der Waals surface area contributed by atoms with Crippen LogP contribution >= 0.6 is 0 Å². The molecule has 176 valence electrons. The number of benzene rings is 2. The molecule has 0 radical (unpaired) electrons. The number of rotatable bonds is 7. The SMILES string of the molecule is CCC(C)(NC(=O)c1cc(NC(=O)OCC2c3ccccc3-c3ccccc32)nn1C)C(=O)O. The van der Waals surface area contributed by atoms with Gasteiger partial charge in [-0.2, -0.15) is 5.10 Å². The van der Waals surface area contributed by atoms with Crippen molar-refractivity contribution in [1.29, 1.82) is 0 Å². The number of aryl methyl sites for hydroxylation is 1. The van der Waals surface area contributed by atoms with E-state index in [9.17, 15) is 19.5 Å². The predicted molar refractivity (Wildman–Crippen MR) is 126 cm³/mol. The Hall–Kier alpha value is -4.14. The summed E-state index contributed by atoms with van der Waals surface area (Å²) in [5, 5.41) is 18.5. The van der Waals surface area contributed by atoms with E-state index in [4.69, 9.17) is 4.74 Å². The van der Waals surface area contributed by atoms with Gasteiger partial charge in [-0.25, -0.2) is 9.59 Å². The Morgan fingerprint density at radius 3 is 2.24 bits per heavy atom. The van der Waals surface area contributed by atoms with Gasteiger partial charge in [0.1, 0.15) is 17.8 Å². The minimum absolute atomic E-state index is 0.0778. The number of carboxylic acid groups (broad SMARTS) is 1. The number of anilines is 1. The van der Waals surface area contributed by atoms with Crippen LogP contribution in [0, 0.1) is 0 Å². The fourth-order valence-corrected chi connectivity index (χ4v) is 4.09. The number of carboxylic acids is 1. The number of fused-ring (bicyclic) bond motifs is 3. The van der Waals surface area contributed by atoms with Crippen molar-refractivity contribution in [1.82, 2.24) is 15.1 Å². The van der Waals surface area contributed by atoms with Crippen molar-refractivity contribution in [3.63, 3.8) is 0 Å². The Morgan fingerprint density at radius 2 is 1.68 bits per heavy atom. The maximum Gasteiger partial charge on any atom is 0.412 e. The lowest BCUT2D eigenvalue weighted by atomic mass is 9.98. The van der Waals surface area contributed by atoms with Gasteiger partial charge in [0.25, 0.3) is 5.91 Å². The topological polar surface area (TPSA) is 123 Å². The van der Waals surface area contributed by atoms with Crippen LogP contribution < -0.4 is 10.6 Å². The number of nitrogens with zero attached hydrogens (tertiary/aromatic N) is 2. The number of aromatic nitrogens is 2. The van der Waals surface area contributed by atoms with Crippen molar-refractivity contribution in [2.24, 2.45) is 7.05 Å². The smallest absolute Gasteiger partial charge is 0.412 e. The molecule has 0 spiro atoms. The van der Waals surface area contributed by atoms with Gasteiger partial charge in [-0.3, -0.25) is 14.8 Å². The molecular formula is C25H26N4O5. The first-order valence-electron chi connectivity index (χ1n) is 11.0. The molecule has 4 rings (SSSR count). The summed E-state index contributed by atoms with van der Waals surface area (Å²) in [7, 11) is 1.53. The van der Waals surface area contributed by atoms with Crippen LogP contribution in [-0.2, 0) is 16.6 Å². The first-order chi connectivity index (χ1) is 16.2. The fourth-order valence-electron chi connectivity index (χ4n) is 4.09. The molecule has 1 aromatic heterocycles. The van der Waals surface area contributed by atoms with Crippen molar-refractivity contribution < 1.29 is 24.2 Å². The molecule has 3 N–H and O–H groups in total. The summed E-state index contributed by atoms with van der Waals surface area (Å²) in [4.78, 5) is 36.6. The highest BCUT2D eigenvalue weighted by molar-refractivity contribution is 5.97. The highest BCUT2D eigenvalue weighted by Crippen LogP contribution is 2.44. The minimum Gasteiger partial charge on any atom is -0.480 e. The van der Waals surface area contributed by atoms with Gasteiger partial charge in [-0.15, -0.1) is 0 Å². The molecule has 0 saturated heterocycles. The number of nitrogens with one attached hydrogen (secondary N) is 2. The van der Waals surface area contributed by atoms with E-state index < -0.39 is 23.5 Å². The zero-order valence-electron chi connectivity index (χ0n) is 19.2. The van der Waals surface area contributed by atoms with Crippen molar-refractivity contribution >= 4 is 23.8 Å². The lowest BCUT2D eigenvalue weighted by molar-refractivity contribution is -0.143. The molecule has 1 atom stereocenters. The second kappa shape index (κ2) is 9.01. The Bertz CT molecular complexity index is 1220. The first-order valence-corrected chi connectivity index (χ1v) is 11.0. The highest BCUT2D eigenvalue weighted by atomic mass is 16.5. The van der Waals surface area contributed by atoms with Gasteiger partial charge >= 0.3 is 12.1 Å². The maximum absolute atomic E-state index is 12.6. The normalized spacial score (nSPS) is 14.0. The molecular weight excluding hydrogens is 436 g/mol. The van der Waals surface area contributed by atoms with E-state index in [2.05, 4.69) is 27.9 Å². The van der Waals surface area contributed by atoms with Gasteiger partial charge in [0, 0.05) is 19.0 Å². The van der Waals surface area contributed by atoms with E-state index in [0.29, 0.717) is 0 Å². The molecule has 1 unspecified atom stereocenters. The standard InChI is InChI=1S/C25H26N4O5/c1-4-25(2,23(31)32)27-22(30)20-13-21(28-29(20)3)26-24(33)34-14-19-17-11-7-5-9-15(17)16-10-6-8-12-18(16)19/h5-13,19H,4,14H2,1-3H3,(H,27,30)(H,31,32)(H,26,28,33). The summed E-state index contributed by atoms with van der Waals surface area (Å²) in [5.41, 5.74) is 3.16. The predicted octanol–water partition coefficient (Wildman–Crippen LogP) is 3.76. The Morgan fingerprint density at radius 1 is 1.09 bits per heavy atom. The fraction of sp³-hybridized carbons (Fsp3) is 0.280. The Labute approximate surface area is 196 Å². The number of amides is 2. The first kappa shape index (κ1) is 23.0. The average molecular weight is 463 g/mol. The second-order valence-electron chi connectivity index (χ2n) is 8.43. The zero-order chi connectivity index (χ0) is 24.5. The van der Waals surface area contributed by atoms with Gasteiger partial charge < -0.3 is 15.2 Å². The van der Waals surface area contributed by atoms with E-state index in [1.54, 1.807) is 6.92 Å². The quantitative estimate of drug-likeness (QED) is 0.491. The molecule has 1 heterocycles. The van der Waals surface area contributed by atoms with Crippen LogP contribution in [-0.4, -0.2) is 45.0 Å². The third-order valence-electron chi connectivity index (χ3n) is 6.25. The van der Waals surface area contributed by atoms with Crippen molar-refractivity contribution in [2.75, 3.05) is 11.9 Å². The zero-order valence-corrected chi connectivity index (χ0v) is 19.2. The number of aliphatic carboxylic acids is 1. The molecule has 1 aliphatic carbocycles. The number of carbonyl (C=O) groups excluding carboxylic acids is 2. The van der Waals surface area contributed by atoms with Crippen LogP contribution in [0.1, 0.15) is 47.8 Å². The van der Waals surface area contributed by atoms with Gasteiger partial charge in [-0.1, -0.05) is 55.5 Å². The van der Waals surface area contributed by atoms with Crippen LogP contribution in [0.5, 0.6) is 0 Å². The summed E-state index contributed by atoms with van der Waals surface area (Å²) in [6.45, 7) is 3.24. The van der Waals surface area contributed by atoms with E-state index in [-0.39, 0.29) is 30.5 Å².